The maximum atomic E-state index is 12.4. The average molecular weight is 476 g/mol. The Morgan fingerprint density at radius 1 is 0.971 bits per heavy atom. The molecule has 1 heterocycles. The first-order valence-corrected chi connectivity index (χ1v) is 11.4. The summed E-state index contributed by atoms with van der Waals surface area (Å²) in [7, 11) is 0. The van der Waals surface area contributed by atoms with Gasteiger partial charge in [-0.1, -0.05) is 60.3 Å². The fourth-order valence-electron chi connectivity index (χ4n) is 3.11. The summed E-state index contributed by atoms with van der Waals surface area (Å²) < 4.78 is 7.61. The number of non-ortho nitro benzene ring substituents is 1. The first kappa shape index (κ1) is 23.0. The van der Waals surface area contributed by atoms with E-state index in [1.807, 2.05) is 65.2 Å². The molecule has 0 radical (unpaired) electrons. The van der Waals surface area contributed by atoms with Crippen molar-refractivity contribution >= 4 is 23.4 Å². The molecule has 1 N–H and O–H groups in total. The summed E-state index contributed by atoms with van der Waals surface area (Å²) in [6.45, 7) is 0.556. The molecule has 0 unspecified atom stereocenters. The van der Waals surface area contributed by atoms with E-state index in [1.54, 1.807) is 0 Å². The van der Waals surface area contributed by atoms with E-state index in [4.69, 9.17) is 4.74 Å². The highest BCUT2D eigenvalue weighted by atomic mass is 32.2. The average Bonchev–Trinajstić information content (AvgIpc) is 3.29. The number of para-hydroxylation sites is 1. The van der Waals surface area contributed by atoms with Crippen LogP contribution in [-0.4, -0.2) is 31.3 Å². The van der Waals surface area contributed by atoms with Gasteiger partial charge >= 0.3 is 0 Å². The number of amides is 1. The van der Waals surface area contributed by atoms with Gasteiger partial charge in [0.1, 0.15) is 12.4 Å². The van der Waals surface area contributed by atoms with Gasteiger partial charge in [0.15, 0.2) is 11.0 Å². The van der Waals surface area contributed by atoms with Gasteiger partial charge in [0, 0.05) is 24.4 Å². The molecule has 0 aliphatic carbocycles. The van der Waals surface area contributed by atoms with E-state index in [1.165, 1.54) is 36.0 Å². The minimum absolute atomic E-state index is 0.0102. The summed E-state index contributed by atoms with van der Waals surface area (Å²) in [4.78, 5) is 22.7. The van der Waals surface area contributed by atoms with Gasteiger partial charge in [-0.2, -0.15) is 0 Å². The predicted molar refractivity (Wildman–Crippen MR) is 128 cm³/mol. The van der Waals surface area contributed by atoms with E-state index in [0.717, 1.165) is 11.3 Å². The molecule has 9 nitrogen and oxygen atoms in total. The molecule has 4 aromatic rings. The molecule has 0 spiro atoms. The lowest BCUT2D eigenvalue weighted by molar-refractivity contribution is -0.384. The number of hydrogen-bond acceptors (Lipinski definition) is 7. The lowest BCUT2D eigenvalue weighted by atomic mass is 10.2. The number of nitrogens with one attached hydrogen (secondary N) is 1. The second kappa shape index (κ2) is 11.1. The van der Waals surface area contributed by atoms with Gasteiger partial charge in [-0.15, -0.1) is 10.2 Å². The molecule has 34 heavy (non-hydrogen) atoms. The standard InChI is InChI=1S/C24H21N5O4S/c30-23(25-15-18-7-3-1-4-8-18)17-34-24-27-26-22(28(24)19-9-5-2-6-10-19)16-33-21-13-11-20(12-14-21)29(31)32/h1-14H,15-17H2,(H,25,30). The molecule has 1 aromatic heterocycles. The Hall–Kier alpha value is -4.18. The molecule has 0 aliphatic rings. The van der Waals surface area contributed by atoms with Crippen LogP contribution in [0.25, 0.3) is 5.69 Å². The van der Waals surface area contributed by atoms with E-state index in [-0.39, 0.29) is 24.0 Å². The Bertz CT molecular complexity index is 1250. The van der Waals surface area contributed by atoms with Gasteiger partial charge in [-0.25, -0.2) is 0 Å². The number of carbonyl (C=O) groups excluding carboxylic acids is 1. The Labute approximate surface area is 199 Å². The van der Waals surface area contributed by atoms with Crippen molar-refractivity contribution in [2.24, 2.45) is 0 Å². The predicted octanol–water partition coefficient (Wildman–Crippen LogP) is 4.16. The van der Waals surface area contributed by atoms with Crippen LogP contribution in [0.2, 0.25) is 0 Å². The molecule has 0 bridgehead atoms. The van der Waals surface area contributed by atoms with Crippen LogP contribution in [0.5, 0.6) is 5.75 Å². The summed E-state index contributed by atoms with van der Waals surface area (Å²) in [5, 5.41) is 22.8. The van der Waals surface area contributed by atoms with Crippen LogP contribution in [0.15, 0.2) is 90.1 Å². The Balaban J connectivity index is 1.44. The zero-order chi connectivity index (χ0) is 23.8. The third kappa shape index (κ3) is 5.99. The van der Waals surface area contributed by atoms with Gasteiger partial charge in [-0.05, 0) is 29.8 Å². The van der Waals surface area contributed by atoms with Crippen LogP contribution in [0.3, 0.4) is 0 Å². The molecule has 1 amide bonds. The molecule has 0 fully saturated rings. The van der Waals surface area contributed by atoms with Gasteiger partial charge in [-0.3, -0.25) is 19.5 Å². The van der Waals surface area contributed by atoms with Crippen LogP contribution in [0.1, 0.15) is 11.4 Å². The minimum atomic E-state index is -0.463. The second-order valence-electron chi connectivity index (χ2n) is 7.16. The molecule has 3 aromatic carbocycles. The zero-order valence-corrected chi connectivity index (χ0v) is 18.9. The van der Waals surface area contributed by atoms with E-state index < -0.39 is 4.92 Å². The fraction of sp³-hybridized carbons (Fsp3) is 0.125. The third-order valence-electron chi connectivity index (χ3n) is 4.80. The molecule has 4 rings (SSSR count). The van der Waals surface area contributed by atoms with E-state index in [2.05, 4.69) is 15.5 Å². The largest absolute Gasteiger partial charge is 0.486 e. The number of thioether (sulfide) groups is 1. The number of benzene rings is 3. The number of nitro benzene ring substituents is 1. The smallest absolute Gasteiger partial charge is 0.269 e. The highest BCUT2D eigenvalue weighted by Gasteiger charge is 2.17. The molecule has 0 saturated heterocycles. The molecule has 0 aliphatic heterocycles. The second-order valence-corrected chi connectivity index (χ2v) is 8.10. The first-order chi connectivity index (χ1) is 16.6. The lowest BCUT2D eigenvalue weighted by Crippen LogP contribution is -2.24. The van der Waals surface area contributed by atoms with Crippen molar-refractivity contribution in [1.29, 1.82) is 0 Å². The van der Waals surface area contributed by atoms with Crippen molar-refractivity contribution in [3.8, 4) is 11.4 Å². The molecule has 0 saturated carbocycles. The monoisotopic (exact) mass is 475 g/mol. The number of ether oxygens (including phenoxy) is 1. The minimum Gasteiger partial charge on any atom is -0.486 e. The molecular formula is C24H21N5O4S. The normalized spacial score (nSPS) is 10.6. The van der Waals surface area contributed by atoms with E-state index in [9.17, 15) is 14.9 Å². The van der Waals surface area contributed by atoms with Crippen molar-refractivity contribution in [2.75, 3.05) is 5.75 Å². The highest BCUT2D eigenvalue weighted by Crippen LogP contribution is 2.24. The molecule has 172 valence electrons. The Morgan fingerprint density at radius 2 is 1.65 bits per heavy atom. The third-order valence-corrected chi connectivity index (χ3v) is 5.72. The van der Waals surface area contributed by atoms with Crippen LogP contribution in [0.4, 0.5) is 5.69 Å². The van der Waals surface area contributed by atoms with Crippen molar-refractivity contribution in [3.63, 3.8) is 0 Å². The number of aromatic nitrogens is 3. The first-order valence-electron chi connectivity index (χ1n) is 10.4. The maximum Gasteiger partial charge on any atom is 0.269 e. The Morgan fingerprint density at radius 3 is 2.32 bits per heavy atom. The topological polar surface area (TPSA) is 112 Å². The summed E-state index contributed by atoms with van der Waals surface area (Å²) in [5.74, 6) is 1.08. The maximum absolute atomic E-state index is 12.4. The van der Waals surface area contributed by atoms with E-state index in [0.29, 0.717) is 23.3 Å². The number of nitrogens with zero attached hydrogens (tertiary/aromatic N) is 4. The molecule has 0 atom stereocenters. The van der Waals surface area contributed by atoms with Crippen molar-refractivity contribution in [3.05, 3.63) is 106 Å². The van der Waals surface area contributed by atoms with Gasteiger partial charge in [0.05, 0.1) is 10.7 Å². The number of carbonyl (C=O) groups is 1. The van der Waals surface area contributed by atoms with Crippen LogP contribution in [-0.2, 0) is 17.9 Å². The van der Waals surface area contributed by atoms with Crippen LogP contribution in [0, 0.1) is 10.1 Å². The van der Waals surface area contributed by atoms with Gasteiger partial charge in [0.25, 0.3) is 5.69 Å². The van der Waals surface area contributed by atoms with E-state index >= 15 is 0 Å². The summed E-state index contributed by atoms with van der Waals surface area (Å²) in [6, 6.07) is 25.1. The number of rotatable bonds is 10. The zero-order valence-electron chi connectivity index (χ0n) is 18.0. The number of hydrogen-bond donors (Lipinski definition) is 1. The Kier molecular flexibility index (Phi) is 7.51. The molecular weight excluding hydrogens is 454 g/mol. The summed E-state index contributed by atoms with van der Waals surface area (Å²) in [5.41, 5.74) is 1.85. The number of nitro groups is 1. The van der Waals surface area contributed by atoms with Crippen molar-refractivity contribution in [1.82, 2.24) is 20.1 Å². The SMILES string of the molecule is O=C(CSc1nnc(COc2ccc([N+](=O)[O-])cc2)n1-c1ccccc1)NCc1ccccc1. The van der Waals surface area contributed by atoms with Gasteiger partial charge < -0.3 is 10.1 Å². The fourth-order valence-corrected chi connectivity index (χ4v) is 3.91. The quantitative estimate of drug-likeness (QED) is 0.208. The summed E-state index contributed by atoms with van der Waals surface area (Å²) >= 11 is 1.28. The highest BCUT2D eigenvalue weighted by molar-refractivity contribution is 7.99. The summed E-state index contributed by atoms with van der Waals surface area (Å²) in [6.07, 6.45) is 0. The van der Waals surface area contributed by atoms with Crippen LogP contribution >= 0.6 is 11.8 Å². The van der Waals surface area contributed by atoms with Crippen molar-refractivity contribution < 1.29 is 14.5 Å². The lowest BCUT2D eigenvalue weighted by Gasteiger charge is -2.11. The van der Waals surface area contributed by atoms with Crippen molar-refractivity contribution in [2.45, 2.75) is 18.3 Å². The molecule has 10 heteroatoms. The van der Waals surface area contributed by atoms with Gasteiger partial charge in [0.2, 0.25) is 5.91 Å². The van der Waals surface area contributed by atoms with Crippen LogP contribution < -0.4 is 10.1 Å².